The average Bonchev–Trinajstić information content (AvgIpc) is 3.22. The summed E-state index contributed by atoms with van der Waals surface area (Å²) < 4.78 is 16.4. The number of anilines is 1. The van der Waals surface area contributed by atoms with Gasteiger partial charge >= 0.3 is 0 Å². The molecular formula is C17H15N3O3. The fourth-order valence-electron chi connectivity index (χ4n) is 2.50. The van der Waals surface area contributed by atoms with Gasteiger partial charge in [-0.25, -0.2) is 0 Å². The first-order chi connectivity index (χ1) is 11.3. The topological polar surface area (TPSA) is 69.4 Å². The molecule has 0 radical (unpaired) electrons. The molecule has 0 atom stereocenters. The first-order valence-electron chi connectivity index (χ1n) is 7.31. The summed E-state index contributed by atoms with van der Waals surface area (Å²) >= 11 is 0. The number of benzene rings is 2. The lowest BCUT2D eigenvalue weighted by molar-refractivity contribution is 0.173. The predicted octanol–water partition coefficient (Wildman–Crippen LogP) is 3.39. The number of ether oxygens (including phenoxy) is 2. The third-order valence-electron chi connectivity index (χ3n) is 3.60. The first-order valence-corrected chi connectivity index (χ1v) is 7.31. The van der Waals surface area contributed by atoms with Gasteiger partial charge in [-0.3, -0.25) is 0 Å². The second kappa shape index (κ2) is 5.64. The zero-order valence-corrected chi connectivity index (χ0v) is 12.6. The lowest BCUT2D eigenvalue weighted by atomic mass is 10.1. The number of hydrogen-bond acceptors (Lipinski definition) is 6. The molecule has 6 heteroatoms. The van der Waals surface area contributed by atoms with Gasteiger partial charge in [-0.1, -0.05) is 18.2 Å². The van der Waals surface area contributed by atoms with Gasteiger partial charge < -0.3 is 19.2 Å². The molecule has 2 heterocycles. The van der Waals surface area contributed by atoms with E-state index in [1.165, 1.54) is 0 Å². The zero-order valence-electron chi connectivity index (χ0n) is 12.6. The van der Waals surface area contributed by atoms with Crippen LogP contribution >= 0.6 is 0 Å². The summed E-state index contributed by atoms with van der Waals surface area (Å²) in [6.07, 6.45) is 0. The molecule has 1 aliphatic rings. The van der Waals surface area contributed by atoms with Crippen LogP contribution in [-0.2, 0) is 6.54 Å². The molecule has 6 nitrogen and oxygen atoms in total. The van der Waals surface area contributed by atoms with Gasteiger partial charge in [0.05, 0.1) is 0 Å². The summed E-state index contributed by atoms with van der Waals surface area (Å²) in [5.41, 5.74) is 2.90. The summed E-state index contributed by atoms with van der Waals surface area (Å²) in [4.78, 5) is 0. The van der Waals surface area contributed by atoms with Gasteiger partial charge in [0.1, 0.15) is 0 Å². The van der Waals surface area contributed by atoms with Crippen LogP contribution in [0, 0.1) is 6.92 Å². The summed E-state index contributed by atoms with van der Waals surface area (Å²) in [5, 5.41) is 11.3. The van der Waals surface area contributed by atoms with Gasteiger partial charge in [0.15, 0.2) is 11.5 Å². The molecule has 0 spiro atoms. The molecule has 0 fully saturated rings. The quantitative estimate of drug-likeness (QED) is 0.796. The van der Waals surface area contributed by atoms with Crippen LogP contribution < -0.4 is 14.8 Å². The molecule has 1 N–H and O–H groups in total. The fraction of sp³-hybridized carbons (Fsp3) is 0.176. The SMILES string of the molecule is Cc1nnc(-c2cccc(NCc3cccc4c3OCO4)c2)o1. The van der Waals surface area contributed by atoms with E-state index < -0.39 is 0 Å². The largest absolute Gasteiger partial charge is 0.454 e. The summed E-state index contributed by atoms with van der Waals surface area (Å²) in [6.45, 7) is 2.69. The van der Waals surface area contributed by atoms with Crippen LogP contribution in [0.5, 0.6) is 11.5 Å². The molecule has 0 saturated heterocycles. The number of para-hydroxylation sites is 1. The van der Waals surface area contributed by atoms with Crippen molar-refractivity contribution in [1.29, 1.82) is 0 Å². The molecule has 4 rings (SSSR count). The molecule has 2 aromatic carbocycles. The van der Waals surface area contributed by atoms with Crippen LogP contribution in [0.4, 0.5) is 5.69 Å². The summed E-state index contributed by atoms with van der Waals surface area (Å²) in [7, 11) is 0. The number of nitrogens with zero attached hydrogens (tertiary/aromatic N) is 2. The van der Waals surface area contributed by atoms with Crippen LogP contribution in [-0.4, -0.2) is 17.0 Å². The Labute approximate surface area is 133 Å². The molecule has 1 aromatic heterocycles. The maximum Gasteiger partial charge on any atom is 0.247 e. The smallest absolute Gasteiger partial charge is 0.247 e. The van der Waals surface area contributed by atoms with Gasteiger partial charge in [0.2, 0.25) is 18.6 Å². The van der Waals surface area contributed by atoms with Crippen LogP contribution in [0.1, 0.15) is 11.5 Å². The van der Waals surface area contributed by atoms with Crippen molar-refractivity contribution >= 4 is 5.69 Å². The predicted molar refractivity (Wildman–Crippen MR) is 84.4 cm³/mol. The van der Waals surface area contributed by atoms with E-state index in [-0.39, 0.29) is 6.79 Å². The van der Waals surface area contributed by atoms with E-state index in [0.717, 1.165) is 28.3 Å². The number of hydrogen-bond donors (Lipinski definition) is 1. The Morgan fingerprint density at radius 3 is 2.87 bits per heavy atom. The van der Waals surface area contributed by atoms with Gasteiger partial charge in [0, 0.05) is 30.3 Å². The van der Waals surface area contributed by atoms with Crippen molar-refractivity contribution in [2.24, 2.45) is 0 Å². The zero-order chi connectivity index (χ0) is 15.6. The van der Waals surface area contributed by atoms with E-state index in [2.05, 4.69) is 15.5 Å². The van der Waals surface area contributed by atoms with E-state index in [4.69, 9.17) is 13.9 Å². The third-order valence-corrected chi connectivity index (χ3v) is 3.60. The molecule has 1 aliphatic heterocycles. The normalized spacial score (nSPS) is 12.4. The molecule has 23 heavy (non-hydrogen) atoms. The number of aryl methyl sites for hydroxylation is 1. The minimum absolute atomic E-state index is 0.276. The molecule has 0 aliphatic carbocycles. The monoisotopic (exact) mass is 309 g/mol. The van der Waals surface area contributed by atoms with E-state index in [9.17, 15) is 0 Å². The Hall–Kier alpha value is -3.02. The van der Waals surface area contributed by atoms with E-state index >= 15 is 0 Å². The second-order valence-corrected chi connectivity index (χ2v) is 5.21. The number of rotatable bonds is 4. The van der Waals surface area contributed by atoms with Crippen LogP contribution in [0.2, 0.25) is 0 Å². The van der Waals surface area contributed by atoms with Gasteiger partial charge in [-0.2, -0.15) is 0 Å². The second-order valence-electron chi connectivity index (χ2n) is 5.21. The van der Waals surface area contributed by atoms with Crippen LogP contribution in [0.3, 0.4) is 0 Å². The minimum Gasteiger partial charge on any atom is -0.454 e. The van der Waals surface area contributed by atoms with Crippen molar-refractivity contribution < 1.29 is 13.9 Å². The Balaban J connectivity index is 1.53. The van der Waals surface area contributed by atoms with Crippen molar-refractivity contribution in [3.63, 3.8) is 0 Å². The Kier molecular flexibility index (Phi) is 3.34. The molecule has 0 bridgehead atoms. The standard InChI is InChI=1S/C17H15N3O3/c1-11-19-20-17(23-11)12-4-2-6-14(8-12)18-9-13-5-3-7-15-16(13)22-10-21-15/h2-8,18H,9-10H2,1H3. The molecule has 0 amide bonds. The van der Waals surface area contributed by atoms with Gasteiger partial charge in [-0.15, -0.1) is 10.2 Å². The Morgan fingerprint density at radius 2 is 2.00 bits per heavy atom. The number of fused-ring (bicyclic) bond motifs is 1. The highest BCUT2D eigenvalue weighted by Crippen LogP contribution is 2.35. The average molecular weight is 309 g/mol. The Bertz CT molecular complexity index is 845. The molecule has 0 saturated carbocycles. The van der Waals surface area contributed by atoms with Crippen LogP contribution in [0.25, 0.3) is 11.5 Å². The molecule has 116 valence electrons. The van der Waals surface area contributed by atoms with Crippen molar-refractivity contribution in [2.45, 2.75) is 13.5 Å². The van der Waals surface area contributed by atoms with E-state index in [1.54, 1.807) is 6.92 Å². The van der Waals surface area contributed by atoms with Crippen molar-refractivity contribution in [2.75, 3.05) is 12.1 Å². The highest BCUT2D eigenvalue weighted by Gasteiger charge is 2.16. The lowest BCUT2D eigenvalue weighted by Gasteiger charge is -2.09. The Morgan fingerprint density at radius 1 is 1.09 bits per heavy atom. The van der Waals surface area contributed by atoms with Gasteiger partial charge in [-0.05, 0) is 24.3 Å². The molecular weight excluding hydrogens is 294 g/mol. The molecule has 3 aromatic rings. The van der Waals surface area contributed by atoms with E-state index in [1.807, 2.05) is 42.5 Å². The minimum atomic E-state index is 0.276. The number of nitrogens with one attached hydrogen (secondary N) is 1. The summed E-state index contributed by atoms with van der Waals surface area (Å²) in [5.74, 6) is 2.67. The third kappa shape index (κ3) is 2.70. The van der Waals surface area contributed by atoms with Crippen molar-refractivity contribution in [3.05, 3.63) is 53.9 Å². The summed E-state index contributed by atoms with van der Waals surface area (Å²) in [6, 6.07) is 13.8. The number of aromatic nitrogens is 2. The van der Waals surface area contributed by atoms with Crippen LogP contribution in [0.15, 0.2) is 46.9 Å². The molecule has 0 unspecified atom stereocenters. The van der Waals surface area contributed by atoms with Crippen molar-refractivity contribution in [3.8, 4) is 23.0 Å². The highest BCUT2D eigenvalue weighted by molar-refractivity contribution is 5.61. The first kappa shape index (κ1) is 13.6. The maximum absolute atomic E-state index is 5.52. The van der Waals surface area contributed by atoms with Crippen molar-refractivity contribution in [1.82, 2.24) is 10.2 Å². The lowest BCUT2D eigenvalue weighted by Crippen LogP contribution is -2.01. The fourth-order valence-corrected chi connectivity index (χ4v) is 2.50. The maximum atomic E-state index is 5.52. The highest BCUT2D eigenvalue weighted by atomic mass is 16.7. The van der Waals surface area contributed by atoms with E-state index in [0.29, 0.717) is 18.3 Å². The van der Waals surface area contributed by atoms with Gasteiger partial charge in [0.25, 0.3) is 0 Å².